The first-order valence-electron chi connectivity index (χ1n) is 13.2. The van der Waals surface area contributed by atoms with Crippen molar-refractivity contribution in [3.63, 3.8) is 0 Å². The topological polar surface area (TPSA) is 75.0 Å². The van der Waals surface area contributed by atoms with Crippen molar-refractivity contribution < 1.29 is 18.7 Å². The van der Waals surface area contributed by atoms with Crippen LogP contribution in [-0.2, 0) is 9.53 Å². The molecule has 1 saturated heterocycles. The lowest BCUT2D eigenvalue weighted by Gasteiger charge is -2.33. The Balaban J connectivity index is 1.56. The highest BCUT2D eigenvalue weighted by molar-refractivity contribution is 6.08. The van der Waals surface area contributed by atoms with Crippen LogP contribution in [0.15, 0.2) is 65.3 Å². The van der Waals surface area contributed by atoms with Gasteiger partial charge in [-0.25, -0.2) is 0 Å². The Kier molecular flexibility index (Phi) is 7.60. The summed E-state index contributed by atoms with van der Waals surface area (Å²) < 4.78 is 11.0. The Morgan fingerprint density at radius 1 is 0.973 bits per heavy atom. The molecule has 1 atom stereocenters. The third-order valence-electron chi connectivity index (χ3n) is 7.51. The lowest BCUT2D eigenvalue weighted by Crippen LogP contribution is -2.46. The van der Waals surface area contributed by atoms with Crippen molar-refractivity contribution in [2.45, 2.75) is 51.6 Å². The number of ether oxygens (including phenoxy) is 1. The number of anilines is 2. The summed E-state index contributed by atoms with van der Waals surface area (Å²) in [7, 11) is 0. The summed E-state index contributed by atoms with van der Waals surface area (Å²) in [6.07, 6.45) is 5.62. The molecule has 2 heterocycles. The van der Waals surface area contributed by atoms with Gasteiger partial charge in [0, 0.05) is 30.5 Å². The maximum Gasteiger partial charge on any atom is 0.294 e. The maximum absolute atomic E-state index is 14.0. The molecular weight excluding hydrogens is 466 g/mol. The minimum atomic E-state index is -0.848. The fourth-order valence-electron chi connectivity index (χ4n) is 5.23. The highest BCUT2D eigenvalue weighted by Crippen LogP contribution is 2.33. The number of nitrogens with one attached hydrogen (secondary N) is 1. The van der Waals surface area contributed by atoms with Crippen molar-refractivity contribution in [1.82, 2.24) is 5.32 Å². The highest BCUT2D eigenvalue weighted by Gasteiger charge is 2.36. The van der Waals surface area contributed by atoms with Gasteiger partial charge in [0.25, 0.3) is 5.91 Å². The van der Waals surface area contributed by atoms with Crippen molar-refractivity contribution in [2.75, 3.05) is 36.1 Å². The molecule has 1 N–H and O–H groups in total. The van der Waals surface area contributed by atoms with Crippen LogP contribution in [0.5, 0.6) is 0 Å². The molecule has 0 bridgehead atoms. The summed E-state index contributed by atoms with van der Waals surface area (Å²) in [5, 5.41) is 3.24. The van der Waals surface area contributed by atoms with E-state index in [1.807, 2.05) is 56.3 Å². The van der Waals surface area contributed by atoms with Gasteiger partial charge in [-0.1, -0.05) is 31.0 Å². The second-order valence-corrected chi connectivity index (χ2v) is 10.0. The molecule has 1 saturated carbocycles. The van der Waals surface area contributed by atoms with Gasteiger partial charge in [-0.15, -0.1) is 0 Å². The van der Waals surface area contributed by atoms with E-state index in [0.29, 0.717) is 18.9 Å². The Bertz CT molecular complexity index is 1210. The van der Waals surface area contributed by atoms with E-state index in [4.69, 9.17) is 9.15 Å². The van der Waals surface area contributed by atoms with Gasteiger partial charge in [-0.2, -0.15) is 0 Å². The lowest BCUT2D eigenvalue weighted by molar-refractivity contribution is -0.123. The molecule has 7 nitrogen and oxygen atoms in total. The van der Waals surface area contributed by atoms with Gasteiger partial charge in [-0.3, -0.25) is 14.5 Å². The molecule has 7 heteroatoms. The summed E-state index contributed by atoms with van der Waals surface area (Å²) in [6, 6.07) is 16.5. The van der Waals surface area contributed by atoms with Crippen LogP contribution in [0.2, 0.25) is 0 Å². The SMILES string of the molecule is Cc1ccc(N(C(=O)c2ccco2)[C@H](C(=O)NC2CCCC2)c2ccc(N3CCOCC3)cc2)cc1C. The summed E-state index contributed by atoms with van der Waals surface area (Å²) in [5.74, 6) is -0.330. The van der Waals surface area contributed by atoms with Crippen LogP contribution in [0.4, 0.5) is 11.4 Å². The van der Waals surface area contributed by atoms with E-state index in [1.54, 1.807) is 17.0 Å². The normalized spacial score (nSPS) is 17.0. The van der Waals surface area contributed by atoms with Gasteiger partial charge < -0.3 is 19.4 Å². The van der Waals surface area contributed by atoms with Crippen LogP contribution >= 0.6 is 0 Å². The molecule has 1 aliphatic carbocycles. The quantitative estimate of drug-likeness (QED) is 0.483. The fourth-order valence-corrected chi connectivity index (χ4v) is 5.23. The number of amides is 2. The Labute approximate surface area is 218 Å². The molecular formula is C30H35N3O4. The van der Waals surface area contributed by atoms with Crippen molar-refractivity contribution >= 4 is 23.2 Å². The third kappa shape index (κ3) is 5.57. The zero-order valence-electron chi connectivity index (χ0n) is 21.6. The Morgan fingerprint density at radius 2 is 1.70 bits per heavy atom. The molecule has 0 radical (unpaired) electrons. The van der Waals surface area contributed by atoms with Gasteiger partial charge >= 0.3 is 0 Å². The van der Waals surface area contributed by atoms with E-state index in [0.717, 1.165) is 61.2 Å². The van der Waals surface area contributed by atoms with Gasteiger partial charge in [0.15, 0.2) is 5.76 Å². The van der Waals surface area contributed by atoms with E-state index >= 15 is 0 Å². The first kappa shape index (κ1) is 25.1. The van der Waals surface area contributed by atoms with Crippen molar-refractivity contribution in [3.8, 4) is 0 Å². The average molecular weight is 502 g/mol. The number of hydrogen-bond donors (Lipinski definition) is 1. The van der Waals surface area contributed by atoms with E-state index < -0.39 is 6.04 Å². The second kappa shape index (κ2) is 11.2. The minimum Gasteiger partial charge on any atom is -0.459 e. The van der Waals surface area contributed by atoms with Gasteiger partial charge in [0.05, 0.1) is 19.5 Å². The van der Waals surface area contributed by atoms with E-state index in [1.165, 1.54) is 6.26 Å². The number of rotatable bonds is 7. The molecule has 1 aliphatic heterocycles. The molecule has 3 aromatic rings. The third-order valence-corrected chi connectivity index (χ3v) is 7.51. The van der Waals surface area contributed by atoms with Crippen LogP contribution < -0.4 is 15.1 Å². The predicted molar refractivity (Wildman–Crippen MR) is 144 cm³/mol. The fraction of sp³-hybridized carbons (Fsp3) is 0.400. The predicted octanol–water partition coefficient (Wildman–Crippen LogP) is 5.18. The second-order valence-electron chi connectivity index (χ2n) is 10.0. The maximum atomic E-state index is 14.0. The molecule has 5 rings (SSSR count). The number of aryl methyl sites for hydroxylation is 2. The molecule has 37 heavy (non-hydrogen) atoms. The number of carbonyl (C=O) groups is 2. The zero-order valence-corrected chi connectivity index (χ0v) is 21.6. The van der Waals surface area contributed by atoms with Gasteiger partial charge in [-0.05, 0) is 79.8 Å². The van der Waals surface area contributed by atoms with E-state index in [9.17, 15) is 9.59 Å². The molecule has 194 valence electrons. The lowest BCUT2D eigenvalue weighted by atomic mass is 10.00. The van der Waals surface area contributed by atoms with Crippen LogP contribution in [0.25, 0.3) is 0 Å². The van der Waals surface area contributed by atoms with Crippen molar-refractivity contribution in [2.24, 2.45) is 0 Å². The molecule has 2 amide bonds. The number of furan rings is 1. The van der Waals surface area contributed by atoms with Crippen molar-refractivity contribution in [3.05, 3.63) is 83.3 Å². The van der Waals surface area contributed by atoms with Gasteiger partial charge in [0.2, 0.25) is 5.91 Å². The molecule has 2 fully saturated rings. The Hall–Kier alpha value is -3.58. The summed E-state index contributed by atoms with van der Waals surface area (Å²) in [4.78, 5) is 31.7. The van der Waals surface area contributed by atoms with Crippen LogP contribution in [0.3, 0.4) is 0 Å². The van der Waals surface area contributed by atoms with E-state index in [2.05, 4.69) is 10.2 Å². The smallest absolute Gasteiger partial charge is 0.294 e. The average Bonchev–Trinajstić information content (AvgIpc) is 3.64. The molecule has 0 spiro atoms. The number of carbonyl (C=O) groups excluding carboxylic acids is 2. The molecule has 2 aliphatic rings. The largest absolute Gasteiger partial charge is 0.459 e. The van der Waals surface area contributed by atoms with Crippen LogP contribution in [0, 0.1) is 13.8 Å². The first-order valence-corrected chi connectivity index (χ1v) is 13.2. The zero-order chi connectivity index (χ0) is 25.8. The van der Waals surface area contributed by atoms with E-state index in [-0.39, 0.29) is 23.6 Å². The highest BCUT2D eigenvalue weighted by atomic mass is 16.5. The summed E-state index contributed by atoms with van der Waals surface area (Å²) >= 11 is 0. The summed E-state index contributed by atoms with van der Waals surface area (Å²) in [6.45, 7) is 7.11. The van der Waals surface area contributed by atoms with Crippen LogP contribution in [-0.4, -0.2) is 44.2 Å². The minimum absolute atomic E-state index is 0.128. The molecule has 0 unspecified atom stereocenters. The summed E-state index contributed by atoms with van der Waals surface area (Å²) in [5.41, 5.74) is 4.67. The Morgan fingerprint density at radius 3 is 2.35 bits per heavy atom. The number of morpholine rings is 1. The monoisotopic (exact) mass is 501 g/mol. The number of nitrogens with zero attached hydrogens (tertiary/aromatic N) is 2. The van der Waals surface area contributed by atoms with Gasteiger partial charge in [0.1, 0.15) is 6.04 Å². The molecule has 1 aromatic heterocycles. The first-order chi connectivity index (χ1) is 18.0. The standard InChI is InChI=1S/C30H35N3O4/c1-21-9-12-26(20-22(21)2)33(30(35)27-8-5-17-37-27)28(29(34)31-24-6-3-4-7-24)23-10-13-25(14-11-23)32-15-18-36-19-16-32/h5,8-14,17,20,24,28H,3-4,6-7,15-16,18-19H2,1-2H3,(H,31,34)/t28-/m0/s1. The number of benzene rings is 2. The van der Waals surface area contributed by atoms with Crippen molar-refractivity contribution in [1.29, 1.82) is 0 Å². The van der Waals surface area contributed by atoms with Crippen LogP contribution in [0.1, 0.15) is 59.0 Å². The number of hydrogen-bond acceptors (Lipinski definition) is 5. The molecule has 2 aromatic carbocycles.